The number of carbonyl (C=O) groups is 1. The van der Waals surface area contributed by atoms with E-state index >= 15 is 0 Å². The first-order valence-electron chi connectivity index (χ1n) is 12.0. The summed E-state index contributed by atoms with van der Waals surface area (Å²) in [4.78, 5) is 15.5. The maximum atomic E-state index is 14.5. The van der Waals surface area contributed by atoms with Gasteiger partial charge in [-0.1, -0.05) is 30.3 Å². The summed E-state index contributed by atoms with van der Waals surface area (Å²) in [6.45, 7) is 2.99. The average molecular weight is 486 g/mol. The third-order valence-electron chi connectivity index (χ3n) is 7.23. The zero-order valence-corrected chi connectivity index (χ0v) is 20.5. The van der Waals surface area contributed by atoms with E-state index in [0.717, 1.165) is 41.5 Å². The van der Waals surface area contributed by atoms with Gasteiger partial charge in [0, 0.05) is 44.9 Å². The number of ether oxygens (including phenoxy) is 1. The number of fused-ring (bicyclic) bond motifs is 1. The Kier molecular flexibility index (Phi) is 7.60. The zero-order chi connectivity index (χ0) is 22.9. The number of methoxy groups -OCH3 is 1. The molecule has 34 heavy (non-hydrogen) atoms. The van der Waals surface area contributed by atoms with Crippen molar-refractivity contribution in [3.63, 3.8) is 0 Å². The molecule has 0 spiro atoms. The number of benzene rings is 2. The van der Waals surface area contributed by atoms with Crippen molar-refractivity contribution in [1.29, 1.82) is 0 Å². The van der Waals surface area contributed by atoms with E-state index in [0.29, 0.717) is 32.2 Å². The lowest BCUT2D eigenvalue weighted by Gasteiger charge is -2.32. The number of nitrogens with zero attached hydrogens (tertiary/aromatic N) is 2. The molecule has 1 aromatic heterocycles. The highest BCUT2D eigenvalue weighted by Crippen LogP contribution is 2.44. The number of amides is 1. The molecule has 1 saturated carbocycles. The van der Waals surface area contributed by atoms with Gasteiger partial charge in [-0.05, 0) is 60.3 Å². The standard InChI is InChI=1S/C27H32FN3O2.ClH/c1-33-14-13-31-17-24(22-4-2-3-21(26(22)31)19-6-7-19)27(32)30-11-9-20(10-12-30)23-15-18(16-29)5-8-25(23)28;/h2-5,8,15,17,19-20H,6-7,9-14,16,29H2,1H3;1H. The third kappa shape index (κ3) is 4.72. The van der Waals surface area contributed by atoms with Crippen LogP contribution in [-0.4, -0.2) is 42.2 Å². The van der Waals surface area contributed by atoms with Gasteiger partial charge < -0.3 is 19.9 Å². The molecule has 5 nitrogen and oxygen atoms in total. The molecule has 2 aliphatic rings. The normalized spacial score (nSPS) is 16.6. The summed E-state index contributed by atoms with van der Waals surface area (Å²) in [6, 6.07) is 11.5. The smallest absolute Gasteiger partial charge is 0.256 e. The Bertz CT molecular complexity index is 1170. The van der Waals surface area contributed by atoms with Gasteiger partial charge in [-0.2, -0.15) is 0 Å². The Morgan fingerprint density at radius 1 is 1.09 bits per heavy atom. The second kappa shape index (κ2) is 10.5. The van der Waals surface area contributed by atoms with Crippen LogP contribution in [-0.2, 0) is 17.8 Å². The van der Waals surface area contributed by atoms with E-state index < -0.39 is 0 Å². The van der Waals surface area contributed by atoms with Crippen molar-refractivity contribution in [2.75, 3.05) is 26.8 Å². The summed E-state index contributed by atoms with van der Waals surface area (Å²) < 4.78 is 22.0. The molecule has 0 unspecified atom stereocenters. The van der Waals surface area contributed by atoms with Crippen molar-refractivity contribution in [1.82, 2.24) is 9.47 Å². The highest BCUT2D eigenvalue weighted by Gasteiger charge is 2.31. The van der Waals surface area contributed by atoms with Gasteiger partial charge >= 0.3 is 0 Å². The topological polar surface area (TPSA) is 60.5 Å². The average Bonchev–Trinajstić information content (AvgIpc) is 3.63. The van der Waals surface area contributed by atoms with Gasteiger partial charge in [0.15, 0.2) is 0 Å². The molecule has 7 heteroatoms. The lowest BCUT2D eigenvalue weighted by molar-refractivity contribution is 0.0714. The molecular weight excluding hydrogens is 453 g/mol. The highest BCUT2D eigenvalue weighted by atomic mass is 35.5. The van der Waals surface area contributed by atoms with E-state index in [1.807, 2.05) is 17.2 Å². The Morgan fingerprint density at radius 2 is 1.82 bits per heavy atom. The van der Waals surface area contributed by atoms with Crippen LogP contribution >= 0.6 is 12.4 Å². The molecule has 1 amide bonds. The second-order valence-electron chi connectivity index (χ2n) is 9.37. The maximum Gasteiger partial charge on any atom is 0.256 e. The lowest BCUT2D eigenvalue weighted by Crippen LogP contribution is -2.38. The molecule has 1 aliphatic carbocycles. The van der Waals surface area contributed by atoms with Gasteiger partial charge in [-0.25, -0.2) is 4.39 Å². The fourth-order valence-electron chi connectivity index (χ4n) is 5.25. The first kappa shape index (κ1) is 24.7. The Balaban J connectivity index is 0.00000274. The van der Waals surface area contributed by atoms with Crippen LogP contribution in [0.25, 0.3) is 10.9 Å². The molecule has 2 aromatic carbocycles. The van der Waals surface area contributed by atoms with Crippen LogP contribution in [0.4, 0.5) is 4.39 Å². The molecule has 182 valence electrons. The van der Waals surface area contributed by atoms with E-state index in [-0.39, 0.29) is 30.0 Å². The van der Waals surface area contributed by atoms with Gasteiger partial charge in [0.2, 0.25) is 0 Å². The summed E-state index contributed by atoms with van der Waals surface area (Å²) >= 11 is 0. The van der Waals surface area contributed by atoms with Crippen LogP contribution in [0.5, 0.6) is 0 Å². The van der Waals surface area contributed by atoms with E-state index in [1.54, 1.807) is 13.2 Å². The number of halogens is 2. The van der Waals surface area contributed by atoms with E-state index in [9.17, 15) is 9.18 Å². The van der Waals surface area contributed by atoms with Crippen molar-refractivity contribution in [3.8, 4) is 0 Å². The monoisotopic (exact) mass is 485 g/mol. The van der Waals surface area contributed by atoms with Crippen molar-refractivity contribution < 1.29 is 13.9 Å². The number of hydrogen-bond donors (Lipinski definition) is 1. The predicted molar refractivity (Wildman–Crippen MR) is 135 cm³/mol. The van der Waals surface area contributed by atoms with Crippen molar-refractivity contribution in [2.24, 2.45) is 5.73 Å². The quantitative estimate of drug-likeness (QED) is 0.500. The van der Waals surface area contributed by atoms with E-state index in [4.69, 9.17) is 10.5 Å². The molecule has 0 atom stereocenters. The molecule has 0 radical (unpaired) electrons. The van der Waals surface area contributed by atoms with Gasteiger partial charge in [0.05, 0.1) is 17.7 Å². The van der Waals surface area contributed by atoms with Gasteiger partial charge in [-0.15, -0.1) is 12.4 Å². The Labute approximate surface area is 206 Å². The number of para-hydroxylation sites is 1. The number of piperidine rings is 1. The fourth-order valence-corrected chi connectivity index (χ4v) is 5.25. The fraction of sp³-hybridized carbons (Fsp3) is 0.444. The first-order chi connectivity index (χ1) is 16.1. The van der Waals surface area contributed by atoms with E-state index in [1.165, 1.54) is 30.0 Å². The Morgan fingerprint density at radius 3 is 2.50 bits per heavy atom. The molecule has 1 aliphatic heterocycles. The summed E-state index contributed by atoms with van der Waals surface area (Å²) in [5.74, 6) is 0.609. The van der Waals surface area contributed by atoms with Crippen molar-refractivity contribution in [2.45, 2.75) is 50.6 Å². The number of rotatable bonds is 7. The van der Waals surface area contributed by atoms with Gasteiger partial charge in [0.25, 0.3) is 5.91 Å². The van der Waals surface area contributed by atoms with Crippen molar-refractivity contribution in [3.05, 3.63) is 70.7 Å². The molecule has 2 fully saturated rings. The zero-order valence-electron chi connectivity index (χ0n) is 19.6. The summed E-state index contributed by atoms with van der Waals surface area (Å²) in [6.07, 6.45) is 5.95. The molecular formula is C27H33ClFN3O2. The largest absolute Gasteiger partial charge is 0.383 e. The molecule has 0 bridgehead atoms. The maximum absolute atomic E-state index is 14.5. The molecule has 2 heterocycles. The molecule has 5 rings (SSSR count). The lowest BCUT2D eigenvalue weighted by atomic mass is 9.88. The van der Waals surface area contributed by atoms with Crippen LogP contribution < -0.4 is 5.73 Å². The number of likely N-dealkylation sites (tertiary alicyclic amines) is 1. The highest BCUT2D eigenvalue weighted by molar-refractivity contribution is 6.07. The predicted octanol–water partition coefficient (Wildman–Crippen LogP) is 5.20. The van der Waals surface area contributed by atoms with Gasteiger partial charge in [0.1, 0.15) is 5.82 Å². The minimum absolute atomic E-state index is 0. The third-order valence-corrected chi connectivity index (χ3v) is 7.23. The minimum Gasteiger partial charge on any atom is -0.383 e. The SMILES string of the molecule is COCCn1cc(C(=O)N2CCC(c3cc(CN)ccc3F)CC2)c2cccc(C3CC3)c21.Cl. The van der Waals surface area contributed by atoms with E-state index in [2.05, 4.69) is 22.8 Å². The van der Waals surface area contributed by atoms with Crippen LogP contribution in [0, 0.1) is 5.82 Å². The number of hydrogen-bond acceptors (Lipinski definition) is 3. The van der Waals surface area contributed by atoms with Crippen LogP contribution in [0.1, 0.15) is 64.6 Å². The molecule has 3 aromatic rings. The Hall–Kier alpha value is -2.41. The number of nitrogens with two attached hydrogens (primary N) is 1. The molecule has 2 N–H and O–H groups in total. The molecule has 1 saturated heterocycles. The van der Waals surface area contributed by atoms with Crippen LogP contribution in [0.2, 0.25) is 0 Å². The van der Waals surface area contributed by atoms with Crippen LogP contribution in [0.15, 0.2) is 42.6 Å². The second-order valence-corrected chi connectivity index (χ2v) is 9.37. The summed E-state index contributed by atoms with van der Waals surface area (Å²) in [7, 11) is 1.70. The summed E-state index contributed by atoms with van der Waals surface area (Å²) in [5, 5.41) is 1.03. The van der Waals surface area contributed by atoms with Gasteiger partial charge in [-0.3, -0.25) is 4.79 Å². The number of carbonyl (C=O) groups excluding carboxylic acids is 1. The minimum atomic E-state index is -0.175. The summed E-state index contributed by atoms with van der Waals surface area (Å²) in [5.41, 5.74) is 10.7. The van der Waals surface area contributed by atoms with Crippen LogP contribution in [0.3, 0.4) is 0 Å². The first-order valence-corrected chi connectivity index (χ1v) is 12.0. The number of aromatic nitrogens is 1. The van der Waals surface area contributed by atoms with Crippen molar-refractivity contribution >= 4 is 29.2 Å².